The van der Waals surface area contributed by atoms with Gasteiger partial charge in [-0.05, 0) is 39.0 Å². The molecule has 2 aliphatic rings. The number of nitrogens with zero attached hydrogens (tertiary/aromatic N) is 2. The lowest BCUT2D eigenvalue weighted by molar-refractivity contribution is -0.00228. The third-order valence-electron chi connectivity index (χ3n) is 4.57. The van der Waals surface area contributed by atoms with Gasteiger partial charge >= 0.3 is 0 Å². The number of allylic oxidation sites excluding steroid dienone is 1. The van der Waals surface area contributed by atoms with Gasteiger partial charge in [-0.3, -0.25) is 4.90 Å². The summed E-state index contributed by atoms with van der Waals surface area (Å²) in [6.07, 6.45) is 2.99. The molecule has 1 N–H and O–H groups in total. The minimum absolute atomic E-state index is 0.107. The van der Waals surface area contributed by atoms with Gasteiger partial charge in [0.2, 0.25) is 0 Å². The first kappa shape index (κ1) is 13.6. The number of ether oxygens (including phenoxy) is 1. The van der Waals surface area contributed by atoms with E-state index in [1.54, 1.807) is 0 Å². The Morgan fingerprint density at radius 2 is 2.17 bits per heavy atom. The molecular weight excluding hydrogens is 228 g/mol. The SMILES string of the molecule is C=C(C)[C@@H]1CC[C@@](C)(N2CCOCC2)/C(=N\O)C1. The van der Waals surface area contributed by atoms with Crippen LogP contribution in [0.5, 0.6) is 0 Å². The molecule has 2 atom stereocenters. The second-order valence-electron chi connectivity index (χ2n) is 5.71. The van der Waals surface area contributed by atoms with Crippen molar-refractivity contribution in [2.45, 2.75) is 38.6 Å². The molecule has 0 aromatic heterocycles. The van der Waals surface area contributed by atoms with Gasteiger partial charge in [-0.1, -0.05) is 17.3 Å². The average Bonchev–Trinajstić information content (AvgIpc) is 2.40. The normalized spacial score (nSPS) is 36.8. The van der Waals surface area contributed by atoms with E-state index in [-0.39, 0.29) is 5.54 Å². The highest BCUT2D eigenvalue weighted by Gasteiger charge is 2.42. The predicted molar refractivity (Wildman–Crippen MR) is 72.2 cm³/mol. The van der Waals surface area contributed by atoms with Crippen molar-refractivity contribution in [3.8, 4) is 0 Å². The largest absolute Gasteiger partial charge is 0.411 e. The van der Waals surface area contributed by atoms with Gasteiger partial charge in [0.05, 0.1) is 24.5 Å². The molecule has 102 valence electrons. The molecule has 0 unspecified atom stereocenters. The van der Waals surface area contributed by atoms with E-state index in [2.05, 4.69) is 30.5 Å². The maximum absolute atomic E-state index is 9.36. The molecule has 2 fully saturated rings. The molecule has 4 nitrogen and oxygen atoms in total. The summed E-state index contributed by atoms with van der Waals surface area (Å²) in [5, 5.41) is 13.0. The van der Waals surface area contributed by atoms with E-state index in [4.69, 9.17) is 4.74 Å². The highest BCUT2D eigenvalue weighted by atomic mass is 16.5. The molecule has 0 aromatic rings. The van der Waals surface area contributed by atoms with Gasteiger partial charge in [0.25, 0.3) is 0 Å². The van der Waals surface area contributed by atoms with Crippen LogP contribution in [0.15, 0.2) is 17.3 Å². The predicted octanol–water partition coefficient (Wildman–Crippen LogP) is 2.28. The monoisotopic (exact) mass is 252 g/mol. The van der Waals surface area contributed by atoms with Crippen LogP contribution < -0.4 is 0 Å². The first-order valence-corrected chi connectivity index (χ1v) is 6.77. The molecule has 4 heteroatoms. The second kappa shape index (κ2) is 5.41. The van der Waals surface area contributed by atoms with Crippen LogP contribution in [-0.2, 0) is 4.74 Å². The molecule has 0 amide bonds. The number of morpholine rings is 1. The maximum atomic E-state index is 9.36. The molecule has 1 saturated heterocycles. The molecule has 2 rings (SSSR count). The van der Waals surface area contributed by atoms with Crippen molar-refractivity contribution in [1.29, 1.82) is 0 Å². The van der Waals surface area contributed by atoms with E-state index in [0.717, 1.165) is 51.3 Å². The van der Waals surface area contributed by atoms with E-state index in [9.17, 15) is 5.21 Å². The number of hydrogen-bond acceptors (Lipinski definition) is 4. The van der Waals surface area contributed by atoms with Crippen molar-refractivity contribution < 1.29 is 9.94 Å². The minimum atomic E-state index is -0.107. The van der Waals surface area contributed by atoms with E-state index >= 15 is 0 Å². The summed E-state index contributed by atoms with van der Waals surface area (Å²) in [6.45, 7) is 11.7. The Balaban J connectivity index is 2.14. The second-order valence-corrected chi connectivity index (χ2v) is 5.71. The van der Waals surface area contributed by atoms with Crippen LogP contribution in [0.2, 0.25) is 0 Å². The third kappa shape index (κ3) is 2.45. The first-order chi connectivity index (χ1) is 8.58. The van der Waals surface area contributed by atoms with Crippen molar-refractivity contribution in [1.82, 2.24) is 4.90 Å². The summed E-state index contributed by atoms with van der Waals surface area (Å²) >= 11 is 0. The molecule has 1 saturated carbocycles. The fraction of sp³-hybridized carbons (Fsp3) is 0.786. The van der Waals surface area contributed by atoms with Gasteiger partial charge in [-0.25, -0.2) is 0 Å². The summed E-state index contributed by atoms with van der Waals surface area (Å²) in [4.78, 5) is 2.40. The zero-order valence-corrected chi connectivity index (χ0v) is 11.5. The van der Waals surface area contributed by atoms with Crippen LogP contribution in [0, 0.1) is 5.92 Å². The minimum Gasteiger partial charge on any atom is -0.411 e. The quantitative estimate of drug-likeness (QED) is 0.466. The van der Waals surface area contributed by atoms with Crippen molar-refractivity contribution in [3.05, 3.63) is 12.2 Å². The summed E-state index contributed by atoms with van der Waals surface area (Å²) in [5.41, 5.74) is 1.99. The van der Waals surface area contributed by atoms with Crippen LogP contribution in [-0.4, -0.2) is 47.7 Å². The molecular formula is C14H24N2O2. The highest BCUT2D eigenvalue weighted by Crippen LogP contribution is 2.37. The number of rotatable bonds is 2. The summed E-state index contributed by atoms with van der Waals surface area (Å²) in [7, 11) is 0. The van der Waals surface area contributed by atoms with Gasteiger partial charge in [-0.2, -0.15) is 0 Å². The summed E-state index contributed by atoms with van der Waals surface area (Å²) < 4.78 is 5.41. The fourth-order valence-corrected chi connectivity index (χ4v) is 3.12. The van der Waals surface area contributed by atoms with Crippen LogP contribution in [0.3, 0.4) is 0 Å². The molecule has 0 bridgehead atoms. The number of oxime groups is 1. The van der Waals surface area contributed by atoms with Gasteiger partial charge < -0.3 is 9.94 Å². The molecule has 1 aliphatic carbocycles. The zero-order chi connectivity index (χ0) is 13.2. The maximum Gasteiger partial charge on any atom is 0.0776 e. The highest BCUT2D eigenvalue weighted by molar-refractivity contribution is 5.94. The molecule has 0 spiro atoms. The Kier molecular flexibility index (Phi) is 4.07. The molecule has 1 heterocycles. The molecule has 1 aliphatic heterocycles. The van der Waals surface area contributed by atoms with E-state index in [0.29, 0.717) is 5.92 Å². The van der Waals surface area contributed by atoms with Crippen molar-refractivity contribution in [3.63, 3.8) is 0 Å². The fourth-order valence-electron chi connectivity index (χ4n) is 3.12. The average molecular weight is 252 g/mol. The first-order valence-electron chi connectivity index (χ1n) is 6.77. The van der Waals surface area contributed by atoms with Crippen LogP contribution >= 0.6 is 0 Å². The van der Waals surface area contributed by atoms with Crippen molar-refractivity contribution in [2.24, 2.45) is 11.1 Å². The Bertz CT molecular complexity index is 348. The standard InChI is InChI=1S/C14H24N2O2/c1-11(2)12-4-5-14(3,13(10-12)15-17)16-6-8-18-9-7-16/h12,17H,1,4-10H2,2-3H3/b15-13-/t12-,14-/m1/s1. The van der Waals surface area contributed by atoms with Crippen LogP contribution in [0.4, 0.5) is 0 Å². The lowest BCUT2D eigenvalue weighted by Gasteiger charge is -2.47. The van der Waals surface area contributed by atoms with Gasteiger partial charge in [-0.15, -0.1) is 0 Å². The van der Waals surface area contributed by atoms with Gasteiger partial charge in [0.15, 0.2) is 0 Å². The van der Waals surface area contributed by atoms with Crippen molar-refractivity contribution >= 4 is 5.71 Å². The third-order valence-corrected chi connectivity index (χ3v) is 4.57. The van der Waals surface area contributed by atoms with Crippen molar-refractivity contribution in [2.75, 3.05) is 26.3 Å². The summed E-state index contributed by atoms with van der Waals surface area (Å²) in [5.74, 6) is 0.463. The van der Waals surface area contributed by atoms with Gasteiger partial charge in [0.1, 0.15) is 0 Å². The molecule has 0 aromatic carbocycles. The lowest BCUT2D eigenvalue weighted by atomic mass is 9.73. The van der Waals surface area contributed by atoms with Crippen LogP contribution in [0.1, 0.15) is 33.1 Å². The van der Waals surface area contributed by atoms with Crippen LogP contribution in [0.25, 0.3) is 0 Å². The summed E-state index contributed by atoms with van der Waals surface area (Å²) in [6, 6.07) is 0. The molecule has 18 heavy (non-hydrogen) atoms. The Labute approximate surface area is 109 Å². The van der Waals surface area contributed by atoms with E-state index in [1.165, 1.54) is 5.57 Å². The smallest absolute Gasteiger partial charge is 0.0776 e. The zero-order valence-electron chi connectivity index (χ0n) is 11.5. The van der Waals surface area contributed by atoms with E-state index in [1.807, 2.05) is 0 Å². The van der Waals surface area contributed by atoms with Gasteiger partial charge in [0, 0.05) is 13.1 Å². The van der Waals surface area contributed by atoms with E-state index < -0.39 is 0 Å². The Hall–Kier alpha value is -0.870. The number of hydrogen-bond donors (Lipinski definition) is 1. The topological polar surface area (TPSA) is 45.1 Å². The lowest BCUT2D eigenvalue weighted by Crippen LogP contribution is -2.58. The molecule has 0 radical (unpaired) electrons. The Morgan fingerprint density at radius 3 is 2.72 bits per heavy atom. The Morgan fingerprint density at radius 1 is 1.50 bits per heavy atom.